The molecule has 15 heavy (non-hydrogen) atoms. The van der Waals surface area contributed by atoms with E-state index < -0.39 is 4.89 Å². The van der Waals surface area contributed by atoms with Crippen LogP contribution in [-0.4, -0.2) is 16.2 Å². The maximum absolute atomic E-state index is 9.03. The van der Waals surface area contributed by atoms with E-state index in [2.05, 4.69) is 5.10 Å². The van der Waals surface area contributed by atoms with Gasteiger partial charge in [-0.15, -0.1) is 0 Å². The highest BCUT2D eigenvalue weighted by molar-refractivity contribution is 8.37. The molecular weight excluding hydrogens is 276 g/mol. The lowest BCUT2D eigenvalue weighted by atomic mass is 10.2. The van der Waals surface area contributed by atoms with E-state index in [1.165, 1.54) is 18.3 Å². The molecule has 8 heteroatoms. The number of hydrogen-bond donors (Lipinski definition) is 2. The van der Waals surface area contributed by atoms with Crippen molar-refractivity contribution in [2.24, 2.45) is 10.9 Å². The maximum atomic E-state index is 9.03. The molecule has 0 saturated carbocycles. The number of rotatable bonds is 3. The van der Waals surface area contributed by atoms with Gasteiger partial charge in [-0.25, -0.2) is 5.84 Å². The Morgan fingerprint density at radius 2 is 1.93 bits per heavy atom. The zero-order chi connectivity index (χ0) is 11.5. The fourth-order valence-electron chi connectivity index (χ4n) is 0.746. The molecule has 0 atom stereocenters. The van der Waals surface area contributed by atoms with E-state index in [1.807, 2.05) is 0 Å². The fourth-order valence-corrected chi connectivity index (χ4v) is 1.28. The number of phenolic OH excluding ortho intramolecular Hbond substituents is 1. The first-order valence-electron chi connectivity index (χ1n) is 3.77. The molecule has 1 rings (SSSR count). The van der Waals surface area contributed by atoms with E-state index >= 15 is 0 Å². The number of phenols is 1. The second kappa shape index (κ2) is 5.14. The van der Waals surface area contributed by atoms with E-state index in [0.29, 0.717) is 0 Å². The number of hydrogen-bond acceptors (Lipinski definition) is 4. The summed E-state index contributed by atoms with van der Waals surface area (Å²) in [7, 11) is 0. The Balaban J connectivity index is 2.74. The number of nitrogens with two attached hydrogens (primary N) is 1. The van der Waals surface area contributed by atoms with Crippen LogP contribution in [0, 0.1) is 0 Å². The summed E-state index contributed by atoms with van der Waals surface area (Å²) in [5.41, 5.74) is 0.750. The second-order valence-corrected chi connectivity index (χ2v) is 10.1. The van der Waals surface area contributed by atoms with Crippen molar-refractivity contribution < 1.29 is 5.11 Å². The predicted molar refractivity (Wildman–Crippen MR) is 67.7 cm³/mol. The number of hydrazine groups is 1. The summed E-state index contributed by atoms with van der Waals surface area (Å²) in [6.45, 7) is 0. The SMILES string of the molecule is NN(/N=C/c1ccc(O)cc1)P(=S)(Cl)Cl. The molecule has 0 aliphatic heterocycles. The second-order valence-electron chi connectivity index (χ2n) is 2.59. The van der Waals surface area contributed by atoms with Crippen LogP contribution < -0.4 is 5.84 Å². The Kier molecular flexibility index (Phi) is 4.37. The molecular formula is C7H8Cl2N3OPS. The van der Waals surface area contributed by atoms with Crippen LogP contribution in [-0.2, 0) is 11.8 Å². The van der Waals surface area contributed by atoms with Gasteiger partial charge >= 0.3 is 0 Å². The van der Waals surface area contributed by atoms with Gasteiger partial charge < -0.3 is 5.11 Å². The van der Waals surface area contributed by atoms with Crippen LogP contribution in [0.2, 0.25) is 0 Å². The van der Waals surface area contributed by atoms with Gasteiger partial charge in [0.05, 0.1) is 6.21 Å². The van der Waals surface area contributed by atoms with Gasteiger partial charge in [0.1, 0.15) is 5.75 Å². The molecule has 0 saturated heterocycles. The average molecular weight is 284 g/mol. The molecule has 0 bridgehead atoms. The molecule has 1 aromatic rings. The van der Waals surface area contributed by atoms with E-state index in [1.54, 1.807) is 12.1 Å². The van der Waals surface area contributed by atoms with Crippen molar-refractivity contribution in [2.45, 2.75) is 0 Å². The van der Waals surface area contributed by atoms with E-state index in [-0.39, 0.29) is 5.75 Å². The van der Waals surface area contributed by atoms with Crippen molar-refractivity contribution in [2.75, 3.05) is 0 Å². The van der Waals surface area contributed by atoms with Crippen molar-refractivity contribution in [3.8, 4) is 5.75 Å². The molecule has 0 aliphatic rings. The Labute approximate surface area is 102 Å². The number of benzene rings is 1. The molecule has 0 aliphatic carbocycles. The lowest BCUT2D eigenvalue weighted by Gasteiger charge is -2.14. The smallest absolute Gasteiger partial charge is 0.237 e. The van der Waals surface area contributed by atoms with Crippen molar-refractivity contribution in [1.29, 1.82) is 0 Å². The summed E-state index contributed by atoms with van der Waals surface area (Å²) in [5.74, 6) is 5.57. The van der Waals surface area contributed by atoms with Gasteiger partial charge in [0.15, 0.2) is 0 Å². The Morgan fingerprint density at radius 1 is 1.40 bits per heavy atom. The minimum atomic E-state index is -2.76. The zero-order valence-electron chi connectivity index (χ0n) is 7.42. The van der Waals surface area contributed by atoms with Crippen molar-refractivity contribution in [3.05, 3.63) is 29.8 Å². The quantitative estimate of drug-likeness (QED) is 0.387. The van der Waals surface area contributed by atoms with Crippen LogP contribution in [0.1, 0.15) is 5.56 Å². The van der Waals surface area contributed by atoms with Crippen LogP contribution >= 0.6 is 27.4 Å². The van der Waals surface area contributed by atoms with Crippen LogP contribution in [0.5, 0.6) is 5.75 Å². The highest BCUT2D eigenvalue weighted by atomic mass is 35.9. The fraction of sp³-hybridized carbons (Fsp3) is 0. The van der Waals surface area contributed by atoms with Crippen LogP contribution in [0.4, 0.5) is 0 Å². The minimum Gasteiger partial charge on any atom is -0.508 e. The molecule has 4 nitrogen and oxygen atoms in total. The van der Waals surface area contributed by atoms with E-state index in [4.69, 9.17) is 45.2 Å². The predicted octanol–water partition coefficient (Wildman–Crippen LogP) is 2.60. The Hall–Kier alpha value is -0.320. The Morgan fingerprint density at radius 3 is 2.40 bits per heavy atom. The van der Waals surface area contributed by atoms with Gasteiger partial charge in [-0.2, -0.15) is 9.99 Å². The molecule has 1 aromatic carbocycles. The summed E-state index contributed by atoms with van der Waals surface area (Å²) in [6, 6.07) is 6.39. The molecule has 0 unspecified atom stereocenters. The molecule has 3 N–H and O–H groups in total. The number of hydrazone groups is 1. The maximum Gasteiger partial charge on any atom is 0.237 e. The molecule has 0 aromatic heterocycles. The summed E-state index contributed by atoms with van der Waals surface area (Å²) >= 11 is 16.0. The minimum absolute atomic E-state index is 0.177. The third kappa shape index (κ3) is 4.36. The highest BCUT2D eigenvalue weighted by Crippen LogP contribution is 2.58. The normalized spacial score (nSPS) is 11.9. The van der Waals surface area contributed by atoms with Gasteiger partial charge in [0.2, 0.25) is 4.89 Å². The summed E-state index contributed by atoms with van der Waals surface area (Å²) in [4.78, 5) is -1.90. The van der Waals surface area contributed by atoms with Gasteiger partial charge in [-0.3, -0.25) is 0 Å². The third-order valence-electron chi connectivity index (χ3n) is 1.46. The van der Waals surface area contributed by atoms with Crippen molar-refractivity contribution >= 4 is 45.4 Å². The van der Waals surface area contributed by atoms with Crippen molar-refractivity contribution in [3.63, 3.8) is 0 Å². The van der Waals surface area contributed by atoms with Gasteiger partial charge in [0.25, 0.3) is 0 Å². The topological polar surface area (TPSA) is 61.8 Å². The van der Waals surface area contributed by atoms with Gasteiger partial charge in [-0.05, 0) is 64.1 Å². The zero-order valence-corrected chi connectivity index (χ0v) is 10.6. The van der Waals surface area contributed by atoms with Crippen LogP contribution in [0.3, 0.4) is 0 Å². The van der Waals surface area contributed by atoms with E-state index in [9.17, 15) is 0 Å². The number of aromatic hydroxyl groups is 1. The largest absolute Gasteiger partial charge is 0.508 e. The van der Waals surface area contributed by atoms with Gasteiger partial charge in [-0.1, -0.05) is 0 Å². The van der Waals surface area contributed by atoms with Crippen LogP contribution in [0.25, 0.3) is 0 Å². The highest BCUT2D eigenvalue weighted by Gasteiger charge is 2.13. The Bertz CT molecular complexity index is 405. The molecule has 0 radical (unpaired) electrons. The number of halogens is 2. The average Bonchev–Trinajstić information content (AvgIpc) is 2.15. The molecule has 0 spiro atoms. The first-order chi connectivity index (χ1) is 6.89. The molecule has 0 fully saturated rings. The van der Waals surface area contributed by atoms with Gasteiger partial charge in [0, 0.05) is 0 Å². The third-order valence-corrected chi connectivity index (χ3v) is 3.47. The molecule has 0 heterocycles. The number of nitrogens with zero attached hydrogens (tertiary/aromatic N) is 2. The lowest BCUT2D eigenvalue weighted by Crippen LogP contribution is -2.17. The summed E-state index contributed by atoms with van der Waals surface area (Å²) in [6.07, 6.45) is 1.45. The molecule has 82 valence electrons. The van der Waals surface area contributed by atoms with E-state index in [0.717, 1.165) is 10.5 Å². The molecule has 0 amide bonds. The van der Waals surface area contributed by atoms with Crippen LogP contribution in [0.15, 0.2) is 29.4 Å². The lowest BCUT2D eigenvalue weighted by molar-refractivity contribution is 0.475. The summed E-state index contributed by atoms with van der Waals surface area (Å²) in [5, 5.41) is 12.8. The van der Waals surface area contributed by atoms with Crippen molar-refractivity contribution in [1.82, 2.24) is 4.89 Å². The monoisotopic (exact) mass is 283 g/mol. The first kappa shape index (κ1) is 12.7. The first-order valence-corrected chi connectivity index (χ1v) is 8.34. The summed E-state index contributed by atoms with van der Waals surface area (Å²) < 4.78 is 0. The standard InChI is InChI=1S/C7H8Cl2N3OPS/c8-14(9,15)12(10)11-5-6-1-3-7(13)4-2-6/h1-5,13H,10H2/b11-5+.